The summed E-state index contributed by atoms with van der Waals surface area (Å²) in [5, 5.41) is 2.99. The molecule has 0 bridgehead atoms. The molecule has 4 heteroatoms. The Morgan fingerprint density at radius 3 is 1.79 bits per heavy atom. The normalized spacial score (nSPS) is 17.1. The number of hydrogen-bond donors (Lipinski definition) is 0. The van der Waals surface area contributed by atoms with Crippen LogP contribution in [0.2, 0.25) is 0 Å². The SMILES string of the molecule is CC(C)(C)C1=Cc2c(ccc(C(C)(C)C)c2-c2cc(C(C)(C)C)cc(C(C)(C)C)c2)[CH]1[Zr]([Cl])([Cl])[c]1cccc2c1[SiH2]c1ccccc1-2. The molecule has 0 radical (unpaired) electrons. The van der Waals surface area contributed by atoms with Crippen molar-refractivity contribution in [2.75, 3.05) is 0 Å². The maximum atomic E-state index is 8.08. The van der Waals surface area contributed by atoms with Crippen LogP contribution in [-0.2, 0) is 34.1 Å². The summed E-state index contributed by atoms with van der Waals surface area (Å²) in [6.07, 6.45) is 2.51. The third-order valence-corrected chi connectivity index (χ3v) is 24.6. The average Bonchev–Trinajstić information content (AvgIpc) is 3.54. The molecule has 4 aromatic rings. The fraction of sp³-hybridized carbons (Fsp3) is 0.395. The van der Waals surface area contributed by atoms with E-state index in [1.165, 1.54) is 69.3 Å². The van der Waals surface area contributed by atoms with E-state index in [0.29, 0.717) is 0 Å². The van der Waals surface area contributed by atoms with Crippen LogP contribution in [0, 0.1) is 5.41 Å². The van der Waals surface area contributed by atoms with Crippen LogP contribution >= 0.6 is 17.0 Å². The molecule has 0 nitrogen and oxygen atoms in total. The van der Waals surface area contributed by atoms with Crippen LogP contribution in [0.15, 0.2) is 78.4 Å². The summed E-state index contributed by atoms with van der Waals surface area (Å²) in [5.41, 5.74) is 13.5. The summed E-state index contributed by atoms with van der Waals surface area (Å²) < 4.78 is 1.33. The topological polar surface area (TPSA) is 0 Å². The molecule has 1 heterocycles. The summed E-state index contributed by atoms with van der Waals surface area (Å²) in [6, 6.07) is 27.9. The fourth-order valence-corrected chi connectivity index (χ4v) is 24.8. The Kier molecular flexibility index (Phi) is 8.74. The van der Waals surface area contributed by atoms with Gasteiger partial charge in [0.05, 0.1) is 0 Å². The number of hydrogen-bond acceptors (Lipinski definition) is 0. The number of halogens is 2. The van der Waals surface area contributed by atoms with Gasteiger partial charge in [0.25, 0.3) is 0 Å². The number of rotatable bonds is 3. The molecule has 0 aromatic heterocycles. The molecule has 4 aromatic carbocycles. The molecule has 0 N–H and O–H groups in total. The molecular weight excluding hydrogens is 707 g/mol. The predicted molar refractivity (Wildman–Crippen MR) is 209 cm³/mol. The number of allylic oxidation sites excluding steroid dienone is 1. The van der Waals surface area contributed by atoms with Crippen molar-refractivity contribution in [3.05, 3.63) is 106 Å². The van der Waals surface area contributed by atoms with Gasteiger partial charge in [0.15, 0.2) is 0 Å². The minimum absolute atomic E-state index is 0.0256. The van der Waals surface area contributed by atoms with Gasteiger partial charge in [-0.25, -0.2) is 0 Å². The van der Waals surface area contributed by atoms with Crippen LogP contribution in [0.5, 0.6) is 0 Å². The van der Waals surface area contributed by atoms with Gasteiger partial charge < -0.3 is 0 Å². The summed E-state index contributed by atoms with van der Waals surface area (Å²) in [4.78, 5) is 0. The Morgan fingerprint density at radius 1 is 0.617 bits per heavy atom. The van der Waals surface area contributed by atoms with Crippen molar-refractivity contribution < 1.29 is 17.9 Å². The van der Waals surface area contributed by atoms with Gasteiger partial charge in [-0.2, -0.15) is 0 Å². The second kappa shape index (κ2) is 11.7. The Labute approximate surface area is 298 Å². The van der Waals surface area contributed by atoms with Crippen molar-refractivity contribution in [2.45, 2.75) is 103 Å². The summed E-state index contributed by atoms with van der Waals surface area (Å²) >= 11 is -4.15. The van der Waals surface area contributed by atoms with Gasteiger partial charge in [0, 0.05) is 0 Å². The molecule has 1 unspecified atom stereocenters. The Morgan fingerprint density at radius 2 is 1.21 bits per heavy atom. The molecule has 0 amide bonds. The molecule has 1 atom stereocenters. The van der Waals surface area contributed by atoms with E-state index in [4.69, 9.17) is 17.0 Å². The third kappa shape index (κ3) is 6.29. The van der Waals surface area contributed by atoms with Gasteiger partial charge >= 0.3 is 301 Å². The number of benzene rings is 4. The minimum atomic E-state index is -4.15. The summed E-state index contributed by atoms with van der Waals surface area (Å²) in [5.74, 6) is 0. The molecule has 246 valence electrons. The van der Waals surface area contributed by atoms with Gasteiger partial charge in [-0.15, -0.1) is 0 Å². The molecule has 1 aliphatic carbocycles. The van der Waals surface area contributed by atoms with Gasteiger partial charge in [0.1, 0.15) is 0 Å². The van der Waals surface area contributed by atoms with E-state index in [2.05, 4.69) is 162 Å². The van der Waals surface area contributed by atoms with Crippen molar-refractivity contribution in [3.63, 3.8) is 0 Å². The van der Waals surface area contributed by atoms with Crippen LogP contribution in [-0.4, -0.2) is 9.52 Å². The van der Waals surface area contributed by atoms with Crippen LogP contribution in [0.3, 0.4) is 0 Å². The van der Waals surface area contributed by atoms with E-state index in [1.807, 2.05) is 0 Å². The fourth-order valence-electron chi connectivity index (χ4n) is 7.69. The van der Waals surface area contributed by atoms with Gasteiger partial charge in [0.2, 0.25) is 0 Å². The van der Waals surface area contributed by atoms with Gasteiger partial charge in [-0.05, 0) is 0 Å². The molecule has 0 saturated carbocycles. The van der Waals surface area contributed by atoms with E-state index in [1.54, 1.807) is 0 Å². The quantitative estimate of drug-likeness (QED) is 0.161. The van der Waals surface area contributed by atoms with Gasteiger partial charge in [-0.1, -0.05) is 0 Å². The molecule has 0 fully saturated rings. The summed E-state index contributed by atoms with van der Waals surface area (Å²) in [7, 11) is 15.5. The number of fused-ring (bicyclic) bond motifs is 4. The van der Waals surface area contributed by atoms with Crippen molar-refractivity contribution in [1.29, 1.82) is 0 Å². The maximum absolute atomic E-state index is 8.08. The van der Waals surface area contributed by atoms with E-state index in [9.17, 15) is 0 Å². The van der Waals surface area contributed by atoms with Crippen LogP contribution in [0.4, 0.5) is 0 Å². The van der Waals surface area contributed by atoms with E-state index in [-0.39, 0.29) is 25.3 Å². The van der Waals surface area contributed by atoms with Crippen molar-refractivity contribution in [2.24, 2.45) is 5.41 Å². The first-order valence-corrected chi connectivity index (χ1v) is 27.6. The first-order chi connectivity index (χ1) is 21.6. The Balaban J connectivity index is 1.64. The van der Waals surface area contributed by atoms with Crippen LogP contribution in [0.25, 0.3) is 28.3 Å². The van der Waals surface area contributed by atoms with Crippen molar-refractivity contribution in [1.82, 2.24) is 0 Å². The van der Waals surface area contributed by atoms with E-state index >= 15 is 0 Å². The molecule has 47 heavy (non-hydrogen) atoms. The first-order valence-electron chi connectivity index (χ1n) is 17.2. The van der Waals surface area contributed by atoms with E-state index < -0.39 is 27.4 Å². The predicted octanol–water partition coefficient (Wildman–Crippen LogP) is 10.6. The molecule has 0 saturated heterocycles. The standard InChI is InChI=1S/C31H43.C12H9Si.2ClH.Zr/c1-28(2,3)22-16-21(17-23(18-22)29(4,5)6)27-25-19-24(30(7,8)9)15-20(25)13-14-26(27)31(10,11)12;1-3-7-11-9(5-1)10-6-2-4-8-12(10)13-11;;;/h13-19H,1-12H3;1-7H,13H2;2*1H;/q;;;;+2/p-2. The second-order valence-corrected chi connectivity index (χ2v) is 33.9. The third-order valence-electron chi connectivity index (χ3n) is 10.4. The molecule has 1 aliphatic heterocycles. The molecule has 6 rings (SSSR count). The second-order valence-electron chi connectivity index (χ2n) is 18.1. The zero-order chi connectivity index (χ0) is 34.5. The zero-order valence-corrected chi connectivity index (χ0v) is 35.9. The van der Waals surface area contributed by atoms with Crippen molar-refractivity contribution >= 4 is 46.3 Å². The Bertz CT molecular complexity index is 1890. The zero-order valence-electron chi connectivity index (χ0n) is 30.5. The first kappa shape index (κ1) is 35.1. The van der Waals surface area contributed by atoms with Crippen LogP contribution in [0.1, 0.15) is 115 Å². The monoisotopic (exact) mass is 756 g/mol. The van der Waals surface area contributed by atoms with E-state index in [0.717, 1.165) is 0 Å². The molecule has 2 aliphatic rings. The van der Waals surface area contributed by atoms with Gasteiger partial charge in [-0.3, -0.25) is 0 Å². The summed E-state index contributed by atoms with van der Waals surface area (Å²) in [6.45, 7) is 28.0. The van der Waals surface area contributed by atoms with Crippen LogP contribution < -0.4 is 13.6 Å². The molecule has 0 spiro atoms. The Hall–Kier alpha value is -1.70. The van der Waals surface area contributed by atoms with Crippen molar-refractivity contribution in [3.8, 4) is 22.3 Å². The molecular formula is C43H52Cl2SiZr. The average molecular weight is 759 g/mol.